The largest absolute Gasteiger partial charge is 0.465 e. The molecule has 1 aromatic carbocycles. The number of carbonyl (C=O) groups is 3. The molecule has 3 aliphatic rings. The van der Waals surface area contributed by atoms with Crippen LogP contribution in [-0.4, -0.2) is 90.7 Å². The Bertz CT molecular complexity index is 1440. The molecule has 3 fully saturated rings. The molecule has 5 rings (SSSR count). The highest BCUT2D eigenvalue weighted by Crippen LogP contribution is 2.66. The standard InChI is InChI=1S/C34H47N5O6/c1-7-10-11-14-18-44-32(43)28-27-30(41)39(26(20-40)22(4)9-3)29(34(27)19-23(5)33(28,6)45-34)31(42)37(17-8-2)21-38-25-16-13-12-15-24(25)35-36-38/h7-8,12-13,15-16,22-23,26-29,40H,1-2,9-11,14,17-21H2,3-6H3/t22-,23?,26-,27-,28+,29?,33-,34?/m0/s1. The van der Waals surface area contributed by atoms with Crippen LogP contribution in [0.2, 0.25) is 0 Å². The molecular formula is C34H47N5O6. The Morgan fingerprint density at radius 2 is 2.02 bits per heavy atom. The van der Waals surface area contributed by atoms with Crippen molar-refractivity contribution in [2.24, 2.45) is 23.7 Å². The molecule has 45 heavy (non-hydrogen) atoms. The van der Waals surface area contributed by atoms with Crippen molar-refractivity contribution < 1.29 is 29.0 Å². The second kappa shape index (κ2) is 13.0. The molecule has 8 atom stereocenters. The van der Waals surface area contributed by atoms with Crippen LogP contribution in [-0.2, 0) is 30.5 Å². The highest BCUT2D eigenvalue weighted by atomic mass is 16.6. The molecule has 244 valence electrons. The van der Waals surface area contributed by atoms with Crippen LogP contribution in [0.15, 0.2) is 49.6 Å². The van der Waals surface area contributed by atoms with Crippen molar-refractivity contribution >= 4 is 28.8 Å². The highest BCUT2D eigenvalue weighted by Gasteiger charge is 2.81. The van der Waals surface area contributed by atoms with E-state index >= 15 is 0 Å². The van der Waals surface area contributed by atoms with E-state index in [4.69, 9.17) is 9.47 Å². The number of para-hydroxylation sites is 1. The molecule has 2 amide bonds. The van der Waals surface area contributed by atoms with Gasteiger partial charge in [-0.15, -0.1) is 18.3 Å². The molecule has 0 aliphatic carbocycles. The topological polar surface area (TPSA) is 127 Å². The van der Waals surface area contributed by atoms with Crippen LogP contribution in [0.4, 0.5) is 0 Å². The minimum atomic E-state index is -1.26. The number of hydrogen-bond donors (Lipinski definition) is 1. The first kappa shape index (κ1) is 32.8. The lowest BCUT2D eigenvalue weighted by Crippen LogP contribution is -2.60. The van der Waals surface area contributed by atoms with Crippen molar-refractivity contribution in [1.82, 2.24) is 24.8 Å². The van der Waals surface area contributed by atoms with Crippen molar-refractivity contribution in [2.75, 3.05) is 19.8 Å². The van der Waals surface area contributed by atoms with E-state index in [1.54, 1.807) is 20.6 Å². The van der Waals surface area contributed by atoms with Crippen molar-refractivity contribution in [3.63, 3.8) is 0 Å². The van der Waals surface area contributed by atoms with Crippen LogP contribution in [0, 0.1) is 23.7 Å². The zero-order valence-electron chi connectivity index (χ0n) is 26.9. The lowest BCUT2D eigenvalue weighted by atomic mass is 9.62. The molecule has 3 unspecified atom stereocenters. The van der Waals surface area contributed by atoms with Crippen molar-refractivity contribution in [2.45, 2.75) is 89.8 Å². The average molecular weight is 622 g/mol. The molecular weight excluding hydrogens is 574 g/mol. The van der Waals surface area contributed by atoms with Gasteiger partial charge in [0.1, 0.15) is 29.7 Å². The van der Waals surface area contributed by atoms with Gasteiger partial charge in [0.2, 0.25) is 11.8 Å². The number of fused-ring (bicyclic) bond motifs is 2. The lowest BCUT2D eigenvalue weighted by Gasteiger charge is -2.41. The lowest BCUT2D eigenvalue weighted by molar-refractivity contribution is -0.164. The first-order valence-electron chi connectivity index (χ1n) is 16.2. The summed E-state index contributed by atoms with van der Waals surface area (Å²) in [5, 5.41) is 19.2. The first-order chi connectivity index (χ1) is 21.6. The smallest absolute Gasteiger partial charge is 0.312 e. The Kier molecular flexibility index (Phi) is 9.51. The summed E-state index contributed by atoms with van der Waals surface area (Å²) in [6.45, 7) is 15.6. The Labute approximate surface area is 265 Å². The van der Waals surface area contributed by atoms with Gasteiger partial charge in [-0.2, -0.15) is 0 Å². The van der Waals surface area contributed by atoms with Gasteiger partial charge in [-0.1, -0.05) is 56.7 Å². The fraction of sp³-hybridized carbons (Fsp3) is 0.618. The van der Waals surface area contributed by atoms with Gasteiger partial charge in [-0.25, -0.2) is 4.68 Å². The van der Waals surface area contributed by atoms with E-state index in [1.807, 2.05) is 58.0 Å². The molecule has 1 spiro atoms. The maximum atomic E-state index is 14.9. The number of unbranched alkanes of at least 4 members (excludes halogenated alkanes) is 2. The number of rotatable bonds is 15. The van der Waals surface area contributed by atoms with E-state index in [1.165, 1.54) is 0 Å². The van der Waals surface area contributed by atoms with Crippen LogP contribution in [0.5, 0.6) is 0 Å². The molecule has 2 aromatic rings. The zero-order valence-corrected chi connectivity index (χ0v) is 26.9. The Morgan fingerprint density at radius 3 is 2.71 bits per heavy atom. The molecule has 3 aliphatic heterocycles. The van der Waals surface area contributed by atoms with Crippen molar-refractivity contribution in [1.29, 1.82) is 0 Å². The van der Waals surface area contributed by atoms with Crippen LogP contribution in [0.25, 0.3) is 11.0 Å². The van der Waals surface area contributed by atoms with Gasteiger partial charge < -0.3 is 24.4 Å². The van der Waals surface area contributed by atoms with Gasteiger partial charge >= 0.3 is 5.97 Å². The second-order valence-corrected chi connectivity index (χ2v) is 13.1. The molecule has 3 saturated heterocycles. The summed E-state index contributed by atoms with van der Waals surface area (Å²) >= 11 is 0. The van der Waals surface area contributed by atoms with E-state index in [9.17, 15) is 19.5 Å². The molecule has 4 heterocycles. The third-order valence-electron chi connectivity index (χ3n) is 10.5. The Morgan fingerprint density at radius 1 is 1.27 bits per heavy atom. The number of allylic oxidation sites excluding steroid dienone is 1. The fourth-order valence-electron chi connectivity index (χ4n) is 7.87. The number of aliphatic hydroxyl groups excluding tert-OH is 1. The van der Waals surface area contributed by atoms with Crippen LogP contribution < -0.4 is 0 Å². The molecule has 11 nitrogen and oxygen atoms in total. The quantitative estimate of drug-likeness (QED) is 0.181. The third kappa shape index (κ3) is 5.37. The minimum absolute atomic E-state index is 0.0702. The van der Waals surface area contributed by atoms with Crippen molar-refractivity contribution in [3.05, 3.63) is 49.6 Å². The third-order valence-corrected chi connectivity index (χ3v) is 10.5. The van der Waals surface area contributed by atoms with E-state index < -0.39 is 41.1 Å². The maximum absolute atomic E-state index is 14.9. The highest BCUT2D eigenvalue weighted by molar-refractivity contribution is 5.99. The summed E-state index contributed by atoms with van der Waals surface area (Å²) in [7, 11) is 0. The van der Waals surface area contributed by atoms with E-state index in [-0.39, 0.29) is 50.1 Å². The van der Waals surface area contributed by atoms with Crippen molar-refractivity contribution in [3.8, 4) is 0 Å². The molecule has 2 bridgehead atoms. The Hall–Kier alpha value is -3.57. The number of ether oxygens (including phenoxy) is 2. The van der Waals surface area contributed by atoms with Gasteiger partial charge in [-0.05, 0) is 56.6 Å². The number of carbonyl (C=O) groups excluding carboxylic acids is 3. The van der Waals surface area contributed by atoms with Crippen LogP contribution in [0.3, 0.4) is 0 Å². The number of amides is 2. The second-order valence-electron chi connectivity index (χ2n) is 13.1. The average Bonchev–Trinajstić information content (AvgIpc) is 3.70. The number of likely N-dealkylation sites (tertiary alicyclic amines) is 1. The normalized spacial score (nSPS) is 29.9. The summed E-state index contributed by atoms with van der Waals surface area (Å²) in [6.07, 6.45) is 6.92. The van der Waals surface area contributed by atoms with Gasteiger partial charge in [0.25, 0.3) is 0 Å². The van der Waals surface area contributed by atoms with E-state index in [2.05, 4.69) is 23.5 Å². The van der Waals surface area contributed by atoms with E-state index in [0.717, 1.165) is 18.4 Å². The minimum Gasteiger partial charge on any atom is -0.465 e. The first-order valence-corrected chi connectivity index (χ1v) is 16.2. The molecule has 0 radical (unpaired) electrons. The number of esters is 1. The van der Waals surface area contributed by atoms with Crippen LogP contribution >= 0.6 is 0 Å². The number of benzene rings is 1. The fourth-order valence-corrected chi connectivity index (χ4v) is 7.87. The number of nitrogens with zero attached hydrogens (tertiary/aromatic N) is 5. The SMILES string of the molecule is C=CCCCCOC(=O)[C@H]1[C@H]2C(=O)N([C@@H](CO)[C@@H](C)CC)C(C(=O)N(CC=C)Cn3nnc4ccccc43)C23CC(C)[C@]1(C)O3. The summed E-state index contributed by atoms with van der Waals surface area (Å²) < 4.78 is 14.3. The molecule has 1 aromatic heterocycles. The molecule has 1 N–H and O–H groups in total. The summed E-state index contributed by atoms with van der Waals surface area (Å²) in [5.41, 5.74) is -0.792. The van der Waals surface area contributed by atoms with Gasteiger partial charge in [-0.3, -0.25) is 14.4 Å². The van der Waals surface area contributed by atoms with Gasteiger partial charge in [0.05, 0.1) is 36.3 Å². The molecule has 0 saturated carbocycles. The van der Waals surface area contributed by atoms with Gasteiger partial charge in [0.15, 0.2) is 0 Å². The summed E-state index contributed by atoms with van der Waals surface area (Å²) in [4.78, 5) is 46.5. The number of aliphatic hydroxyl groups is 1. The van der Waals surface area contributed by atoms with Gasteiger partial charge in [0, 0.05) is 6.54 Å². The molecule has 11 heteroatoms. The number of hydrogen-bond acceptors (Lipinski definition) is 8. The predicted molar refractivity (Wildman–Crippen MR) is 168 cm³/mol. The maximum Gasteiger partial charge on any atom is 0.312 e. The Balaban J connectivity index is 1.55. The van der Waals surface area contributed by atoms with E-state index in [0.29, 0.717) is 24.8 Å². The monoisotopic (exact) mass is 621 g/mol. The number of aromatic nitrogens is 3. The van der Waals surface area contributed by atoms with Crippen LogP contribution in [0.1, 0.15) is 59.8 Å². The zero-order chi connectivity index (χ0) is 32.5. The summed E-state index contributed by atoms with van der Waals surface area (Å²) in [5.74, 6) is -3.20. The predicted octanol–water partition coefficient (Wildman–Crippen LogP) is 3.72. The summed E-state index contributed by atoms with van der Waals surface area (Å²) in [6, 6.07) is 5.78.